The number of ketones is 2. The van der Waals surface area contributed by atoms with Gasteiger partial charge in [-0.05, 0) is 23.6 Å². The van der Waals surface area contributed by atoms with Crippen LogP contribution in [0.1, 0.15) is 52.6 Å². The van der Waals surface area contributed by atoms with E-state index in [1.54, 1.807) is 12.1 Å². The van der Waals surface area contributed by atoms with Gasteiger partial charge in [0.15, 0.2) is 11.6 Å². The average molecular weight is 406 g/mol. The molecule has 4 rings (SSSR count). The summed E-state index contributed by atoms with van der Waals surface area (Å²) >= 11 is 0. The van der Waals surface area contributed by atoms with Gasteiger partial charge >= 0.3 is 11.9 Å². The summed E-state index contributed by atoms with van der Waals surface area (Å²) in [5.74, 6) is -4.28. The minimum atomic E-state index is -1.63. The lowest BCUT2D eigenvalue weighted by Crippen LogP contribution is -2.26. The first-order valence-corrected chi connectivity index (χ1v) is 8.89. The predicted molar refractivity (Wildman–Crippen MR) is 104 cm³/mol. The Morgan fingerprint density at radius 2 is 1.40 bits per heavy atom. The van der Waals surface area contributed by atoms with Crippen LogP contribution < -0.4 is 4.74 Å². The second-order valence-electron chi connectivity index (χ2n) is 6.59. The smallest absolute Gasteiger partial charge is 0.337 e. The summed E-state index contributed by atoms with van der Waals surface area (Å²) in [6, 6.07) is 10.2. The number of rotatable bonds is 5. The Hall–Kier alpha value is -4.04. The van der Waals surface area contributed by atoms with E-state index in [0.717, 1.165) is 0 Å². The molecule has 0 aliphatic heterocycles. The molecule has 0 unspecified atom stereocenters. The van der Waals surface area contributed by atoms with Crippen LogP contribution in [0.3, 0.4) is 0 Å². The fourth-order valence-corrected chi connectivity index (χ4v) is 3.77. The molecule has 1 aliphatic rings. The number of carboxylic acid groups (broad SMARTS) is 2. The topological polar surface area (TPSA) is 138 Å². The summed E-state index contributed by atoms with van der Waals surface area (Å²) in [4.78, 5) is 50.5. The number of hydrogen-bond acceptors (Lipinski definition) is 6. The Morgan fingerprint density at radius 1 is 0.800 bits per heavy atom. The van der Waals surface area contributed by atoms with Crippen LogP contribution >= 0.6 is 0 Å². The van der Waals surface area contributed by atoms with Crippen molar-refractivity contribution in [2.24, 2.45) is 0 Å². The second kappa shape index (κ2) is 7.09. The molecule has 30 heavy (non-hydrogen) atoms. The molecule has 0 atom stereocenters. The van der Waals surface area contributed by atoms with Gasteiger partial charge in [0.25, 0.3) is 0 Å². The van der Waals surface area contributed by atoms with Gasteiger partial charge in [-0.1, -0.05) is 24.3 Å². The zero-order chi connectivity index (χ0) is 21.6. The molecular formula is C22H14O8. The van der Waals surface area contributed by atoms with Crippen LogP contribution in [-0.4, -0.2) is 52.0 Å². The van der Waals surface area contributed by atoms with E-state index in [-0.39, 0.29) is 46.4 Å². The van der Waals surface area contributed by atoms with Crippen molar-refractivity contribution in [3.63, 3.8) is 0 Å². The molecule has 3 aromatic carbocycles. The van der Waals surface area contributed by atoms with Gasteiger partial charge in [-0.3, -0.25) is 9.59 Å². The highest BCUT2D eigenvalue weighted by molar-refractivity contribution is 6.36. The molecule has 0 bridgehead atoms. The summed E-state index contributed by atoms with van der Waals surface area (Å²) in [5, 5.41) is 28.6. The van der Waals surface area contributed by atoms with Crippen LogP contribution in [0.25, 0.3) is 10.8 Å². The van der Waals surface area contributed by atoms with Crippen LogP contribution in [0.15, 0.2) is 42.5 Å². The molecule has 0 aromatic heterocycles. The maximum absolute atomic E-state index is 13.2. The Morgan fingerprint density at radius 3 is 1.97 bits per heavy atom. The summed E-state index contributed by atoms with van der Waals surface area (Å²) in [7, 11) is 0. The minimum absolute atomic E-state index is 0.0242. The predicted octanol–water partition coefficient (Wildman–Crippen LogP) is 2.38. The normalized spacial score (nSPS) is 12.4. The standard InChI is InChI=1S/C22H14O8/c23-7-8-30-10-5-6-11-14(9-10)16(21(26)27)18(22(28)29)17-15(11)19(24)12-3-1-2-4-13(12)20(17)25/h1-6,9,23H,7-8H2,(H,26,27)(H,28,29). The third-order valence-electron chi connectivity index (χ3n) is 4.94. The van der Waals surface area contributed by atoms with Crippen molar-refractivity contribution in [3.8, 4) is 5.75 Å². The molecule has 0 amide bonds. The van der Waals surface area contributed by atoms with Gasteiger partial charge in [0, 0.05) is 27.6 Å². The Labute approximate surface area is 168 Å². The molecule has 1 aliphatic carbocycles. The average Bonchev–Trinajstić information content (AvgIpc) is 2.73. The lowest BCUT2D eigenvalue weighted by atomic mass is 9.77. The van der Waals surface area contributed by atoms with Gasteiger partial charge in [0.2, 0.25) is 0 Å². The number of carbonyl (C=O) groups is 4. The molecule has 0 saturated carbocycles. The van der Waals surface area contributed by atoms with Gasteiger partial charge in [0.05, 0.1) is 17.7 Å². The van der Waals surface area contributed by atoms with Crippen molar-refractivity contribution in [2.45, 2.75) is 0 Å². The fraction of sp³-hybridized carbons (Fsp3) is 0.0909. The maximum atomic E-state index is 13.2. The Kier molecular flexibility index (Phi) is 4.56. The van der Waals surface area contributed by atoms with E-state index in [9.17, 15) is 29.4 Å². The molecule has 8 nitrogen and oxygen atoms in total. The van der Waals surface area contributed by atoms with Crippen LogP contribution in [0.4, 0.5) is 0 Å². The molecule has 0 saturated heterocycles. The van der Waals surface area contributed by atoms with Crippen LogP contribution in [0.5, 0.6) is 5.75 Å². The van der Waals surface area contributed by atoms with E-state index in [0.29, 0.717) is 0 Å². The molecule has 3 aromatic rings. The molecule has 0 fully saturated rings. The van der Waals surface area contributed by atoms with E-state index in [4.69, 9.17) is 9.84 Å². The monoisotopic (exact) mass is 406 g/mol. The van der Waals surface area contributed by atoms with Gasteiger partial charge in [-0.15, -0.1) is 0 Å². The number of ether oxygens (including phenoxy) is 1. The minimum Gasteiger partial charge on any atom is -0.491 e. The van der Waals surface area contributed by atoms with Crippen LogP contribution in [-0.2, 0) is 0 Å². The van der Waals surface area contributed by atoms with E-state index < -0.39 is 40.2 Å². The molecule has 0 spiro atoms. The van der Waals surface area contributed by atoms with Crippen molar-refractivity contribution >= 4 is 34.3 Å². The van der Waals surface area contributed by atoms with Gasteiger partial charge in [-0.2, -0.15) is 0 Å². The Balaban J connectivity index is 2.17. The third kappa shape index (κ3) is 2.73. The lowest BCUT2D eigenvalue weighted by molar-refractivity contribution is 0.0651. The first-order valence-electron chi connectivity index (χ1n) is 8.89. The first kappa shape index (κ1) is 19.3. The zero-order valence-electron chi connectivity index (χ0n) is 15.3. The van der Waals surface area contributed by atoms with Gasteiger partial charge in [-0.25, -0.2) is 9.59 Å². The van der Waals surface area contributed by atoms with Crippen molar-refractivity contribution in [1.29, 1.82) is 0 Å². The van der Waals surface area contributed by atoms with Crippen molar-refractivity contribution in [3.05, 3.63) is 75.8 Å². The quantitative estimate of drug-likeness (QED) is 0.459. The van der Waals surface area contributed by atoms with E-state index in [1.807, 2.05) is 0 Å². The number of carbonyl (C=O) groups excluding carboxylic acids is 2. The van der Waals surface area contributed by atoms with Crippen LogP contribution in [0.2, 0.25) is 0 Å². The van der Waals surface area contributed by atoms with E-state index >= 15 is 0 Å². The fourth-order valence-electron chi connectivity index (χ4n) is 3.77. The SMILES string of the molecule is O=C(O)c1c2c(c3ccc(OCCO)cc3c1C(=O)O)C(=O)c1ccccc1C2=O. The number of aromatic carboxylic acids is 2. The highest BCUT2D eigenvalue weighted by Gasteiger charge is 2.38. The molecule has 150 valence electrons. The van der Waals surface area contributed by atoms with Gasteiger partial charge in [0.1, 0.15) is 12.4 Å². The number of hydrogen-bond donors (Lipinski definition) is 3. The molecule has 3 N–H and O–H groups in total. The molecule has 8 heteroatoms. The highest BCUT2D eigenvalue weighted by Crippen LogP contribution is 2.39. The number of aliphatic hydroxyl groups excluding tert-OH is 1. The zero-order valence-corrected chi connectivity index (χ0v) is 15.3. The maximum Gasteiger partial charge on any atom is 0.337 e. The molecule has 0 heterocycles. The number of carboxylic acids is 2. The number of aliphatic hydroxyl groups is 1. The Bertz CT molecular complexity index is 1270. The van der Waals surface area contributed by atoms with Crippen molar-refractivity contribution in [1.82, 2.24) is 0 Å². The lowest BCUT2D eigenvalue weighted by Gasteiger charge is -2.23. The number of benzene rings is 3. The van der Waals surface area contributed by atoms with Crippen molar-refractivity contribution in [2.75, 3.05) is 13.2 Å². The highest BCUT2D eigenvalue weighted by atomic mass is 16.5. The van der Waals surface area contributed by atoms with E-state index in [2.05, 4.69) is 0 Å². The number of fused-ring (bicyclic) bond motifs is 4. The van der Waals surface area contributed by atoms with E-state index in [1.165, 1.54) is 30.3 Å². The second-order valence-corrected chi connectivity index (χ2v) is 6.59. The van der Waals surface area contributed by atoms with Gasteiger partial charge < -0.3 is 20.1 Å². The largest absolute Gasteiger partial charge is 0.491 e. The summed E-state index contributed by atoms with van der Waals surface area (Å²) in [5.41, 5.74) is -1.78. The van der Waals surface area contributed by atoms with Crippen LogP contribution in [0, 0.1) is 0 Å². The molecular weight excluding hydrogens is 392 g/mol. The first-order chi connectivity index (χ1) is 14.4. The van der Waals surface area contributed by atoms with Crippen molar-refractivity contribution < 1.29 is 39.2 Å². The summed E-state index contributed by atoms with van der Waals surface area (Å²) < 4.78 is 5.30. The third-order valence-corrected chi connectivity index (χ3v) is 4.94. The summed E-state index contributed by atoms with van der Waals surface area (Å²) in [6.45, 7) is -0.340. The summed E-state index contributed by atoms with van der Waals surface area (Å²) in [6.07, 6.45) is 0. The molecule has 0 radical (unpaired) electrons.